The Balaban J connectivity index is 1.76. The van der Waals surface area contributed by atoms with E-state index in [0.717, 1.165) is 30.9 Å². The van der Waals surface area contributed by atoms with Gasteiger partial charge in [0.15, 0.2) is 0 Å². The van der Waals surface area contributed by atoms with Crippen LogP contribution in [0.15, 0.2) is 36.4 Å². The van der Waals surface area contributed by atoms with E-state index in [0.29, 0.717) is 24.5 Å². The first-order chi connectivity index (χ1) is 12.8. The van der Waals surface area contributed by atoms with Gasteiger partial charge in [-0.2, -0.15) is 0 Å². The van der Waals surface area contributed by atoms with Crippen molar-refractivity contribution in [3.8, 4) is 0 Å². The number of nitrogen functional groups attached to an aromatic ring is 1. The number of amides is 1. The number of nitrogens with zero attached hydrogens (tertiary/aromatic N) is 2. The minimum atomic E-state index is -1.36. The molecule has 0 radical (unpaired) electrons. The van der Waals surface area contributed by atoms with Crippen molar-refractivity contribution >= 4 is 34.6 Å². The smallest absolute Gasteiger partial charge is 0.338 e. The average molecular weight is 372 g/mol. The van der Waals surface area contributed by atoms with Crippen LogP contribution >= 0.6 is 0 Å². The summed E-state index contributed by atoms with van der Waals surface area (Å²) in [5, 5.41) is 12.0. The van der Waals surface area contributed by atoms with E-state index < -0.39 is 17.3 Å². The molecule has 2 aromatic carbocycles. The van der Waals surface area contributed by atoms with Gasteiger partial charge in [0, 0.05) is 50.5 Å². The lowest BCUT2D eigenvalue weighted by Crippen LogP contribution is -2.48. The predicted molar refractivity (Wildman–Crippen MR) is 102 cm³/mol. The number of carboxylic acids is 1. The van der Waals surface area contributed by atoms with E-state index in [1.807, 2.05) is 29.2 Å². The van der Waals surface area contributed by atoms with Crippen LogP contribution in [0.3, 0.4) is 0 Å². The van der Waals surface area contributed by atoms with Crippen LogP contribution in [0.4, 0.5) is 27.1 Å². The summed E-state index contributed by atoms with van der Waals surface area (Å²) >= 11 is 0. The van der Waals surface area contributed by atoms with Crippen molar-refractivity contribution < 1.29 is 19.1 Å². The second-order valence-corrected chi connectivity index (χ2v) is 6.39. The molecule has 2 aromatic rings. The lowest BCUT2D eigenvalue weighted by molar-refractivity contribution is -0.129. The number of hydrogen-bond acceptors (Lipinski definition) is 5. The number of carboxylic acid groups (broad SMARTS) is 1. The Morgan fingerprint density at radius 3 is 2.48 bits per heavy atom. The molecule has 0 aliphatic carbocycles. The van der Waals surface area contributed by atoms with Crippen LogP contribution in [0.2, 0.25) is 0 Å². The molecular weight excluding hydrogens is 351 g/mol. The zero-order valence-electron chi connectivity index (χ0n) is 14.9. The van der Waals surface area contributed by atoms with Gasteiger partial charge in [0.2, 0.25) is 5.91 Å². The SMILES string of the molecule is CC(=O)N1CCN(c2cccc(Nc3cc(F)c(C(=O)O)cc3N)c2)CC1. The van der Waals surface area contributed by atoms with Crippen LogP contribution < -0.4 is 16.0 Å². The van der Waals surface area contributed by atoms with Crippen LogP contribution in [0, 0.1) is 5.82 Å². The maximum absolute atomic E-state index is 13.9. The van der Waals surface area contributed by atoms with Crippen LogP contribution in [-0.2, 0) is 4.79 Å². The summed E-state index contributed by atoms with van der Waals surface area (Å²) < 4.78 is 13.9. The molecule has 0 bridgehead atoms. The van der Waals surface area contributed by atoms with Gasteiger partial charge >= 0.3 is 5.97 Å². The molecule has 0 spiro atoms. The Bertz CT molecular complexity index is 879. The second-order valence-electron chi connectivity index (χ2n) is 6.39. The Hall–Kier alpha value is -3.29. The van der Waals surface area contributed by atoms with E-state index in [-0.39, 0.29) is 11.6 Å². The molecule has 1 heterocycles. The third-order valence-corrected chi connectivity index (χ3v) is 4.58. The van der Waals surface area contributed by atoms with Crippen molar-refractivity contribution in [3.63, 3.8) is 0 Å². The van der Waals surface area contributed by atoms with Gasteiger partial charge in [0.1, 0.15) is 5.82 Å². The quantitative estimate of drug-likeness (QED) is 0.714. The van der Waals surface area contributed by atoms with Crippen molar-refractivity contribution in [2.24, 2.45) is 0 Å². The van der Waals surface area contributed by atoms with E-state index in [1.165, 1.54) is 0 Å². The average Bonchev–Trinajstić information content (AvgIpc) is 2.64. The maximum Gasteiger partial charge on any atom is 0.338 e. The molecule has 0 aromatic heterocycles. The number of hydrogen-bond donors (Lipinski definition) is 3. The molecule has 1 fully saturated rings. The van der Waals surface area contributed by atoms with Crippen molar-refractivity contribution in [2.45, 2.75) is 6.92 Å². The Morgan fingerprint density at radius 1 is 1.15 bits per heavy atom. The van der Waals surface area contributed by atoms with Gasteiger partial charge in [0.05, 0.1) is 16.9 Å². The summed E-state index contributed by atoms with van der Waals surface area (Å²) in [7, 11) is 0. The molecule has 142 valence electrons. The van der Waals surface area contributed by atoms with Crippen molar-refractivity contribution in [2.75, 3.05) is 42.1 Å². The third kappa shape index (κ3) is 4.11. The minimum Gasteiger partial charge on any atom is -0.478 e. The number of carbonyl (C=O) groups is 2. The fourth-order valence-corrected chi connectivity index (χ4v) is 3.08. The molecular formula is C19H21FN4O3. The summed E-state index contributed by atoms with van der Waals surface area (Å²) in [6.07, 6.45) is 0. The lowest BCUT2D eigenvalue weighted by Gasteiger charge is -2.35. The Kier molecular flexibility index (Phi) is 5.16. The standard InChI is InChI=1S/C19H21FN4O3/c1-12(25)23-5-7-24(8-6-23)14-4-2-3-13(9-14)22-18-11-16(20)15(19(26)27)10-17(18)21/h2-4,9-11,22H,5-8,21H2,1H3,(H,26,27). The first-order valence-corrected chi connectivity index (χ1v) is 8.55. The van der Waals surface area contributed by atoms with Gasteiger partial charge < -0.3 is 26.0 Å². The van der Waals surface area contributed by atoms with Gasteiger partial charge in [-0.05, 0) is 24.3 Å². The fourth-order valence-electron chi connectivity index (χ4n) is 3.08. The lowest BCUT2D eigenvalue weighted by atomic mass is 10.1. The summed E-state index contributed by atoms with van der Waals surface area (Å²) in [5.74, 6) is -2.14. The first-order valence-electron chi connectivity index (χ1n) is 8.55. The summed E-state index contributed by atoms with van der Waals surface area (Å²) in [4.78, 5) is 26.4. The minimum absolute atomic E-state index is 0.0763. The number of nitrogens with one attached hydrogen (secondary N) is 1. The first kappa shape index (κ1) is 18.5. The number of halogens is 1. The normalized spacial score (nSPS) is 14.1. The highest BCUT2D eigenvalue weighted by Gasteiger charge is 2.19. The van der Waals surface area contributed by atoms with Crippen LogP contribution in [0.1, 0.15) is 17.3 Å². The highest BCUT2D eigenvalue weighted by Crippen LogP contribution is 2.28. The van der Waals surface area contributed by atoms with Crippen LogP contribution in [0.25, 0.3) is 0 Å². The molecule has 0 atom stereocenters. The second kappa shape index (κ2) is 7.53. The van der Waals surface area contributed by atoms with E-state index in [2.05, 4.69) is 10.2 Å². The zero-order chi connectivity index (χ0) is 19.6. The molecule has 1 aliphatic heterocycles. The number of anilines is 4. The summed E-state index contributed by atoms with van der Waals surface area (Å²) in [6, 6.07) is 9.74. The van der Waals surface area contributed by atoms with Gasteiger partial charge in [-0.1, -0.05) is 6.07 Å². The molecule has 27 heavy (non-hydrogen) atoms. The highest BCUT2D eigenvalue weighted by atomic mass is 19.1. The molecule has 7 nitrogen and oxygen atoms in total. The van der Waals surface area contributed by atoms with Crippen LogP contribution in [-0.4, -0.2) is 48.1 Å². The maximum atomic E-state index is 13.9. The van der Waals surface area contributed by atoms with E-state index in [9.17, 15) is 14.0 Å². The number of aromatic carboxylic acids is 1. The van der Waals surface area contributed by atoms with Crippen LogP contribution in [0.5, 0.6) is 0 Å². The van der Waals surface area contributed by atoms with Gasteiger partial charge in [0.25, 0.3) is 0 Å². The van der Waals surface area contributed by atoms with Crippen molar-refractivity contribution in [1.82, 2.24) is 4.90 Å². The molecule has 8 heteroatoms. The number of nitrogens with two attached hydrogens (primary N) is 1. The topological polar surface area (TPSA) is 98.9 Å². The molecule has 3 rings (SSSR count). The fraction of sp³-hybridized carbons (Fsp3) is 0.263. The van der Waals surface area contributed by atoms with Gasteiger partial charge in [-0.25, -0.2) is 9.18 Å². The molecule has 1 aliphatic rings. The Labute approximate surface area is 156 Å². The number of rotatable bonds is 4. The predicted octanol–water partition coefficient (Wildman–Crippen LogP) is 2.52. The van der Waals surface area contributed by atoms with E-state index in [4.69, 9.17) is 10.8 Å². The number of benzene rings is 2. The highest BCUT2D eigenvalue weighted by molar-refractivity contribution is 5.91. The number of piperazine rings is 1. The van der Waals surface area contributed by atoms with Gasteiger partial charge in [-0.15, -0.1) is 0 Å². The van der Waals surface area contributed by atoms with Crippen molar-refractivity contribution in [1.29, 1.82) is 0 Å². The van der Waals surface area contributed by atoms with Crippen molar-refractivity contribution in [3.05, 3.63) is 47.8 Å². The molecule has 4 N–H and O–H groups in total. The molecule has 0 unspecified atom stereocenters. The summed E-state index contributed by atoms with van der Waals surface area (Å²) in [6.45, 7) is 4.36. The molecule has 1 saturated heterocycles. The van der Waals surface area contributed by atoms with Gasteiger partial charge in [-0.3, -0.25) is 4.79 Å². The third-order valence-electron chi connectivity index (χ3n) is 4.58. The number of carbonyl (C=O) groups excluding carboxylic acids is 1. The molecule has 1 amide bonds. The van der Waals surface area contributed by atoms with E-state index >= 15 is 0 Å². The molecule has 0 saturated carbocycles. The largest absolute Gasteiger partial charge is 0.478 e. The summed E-state index contributed by atoms with van der Waals surface area (Å²) in [5.41, 5.74) is 7.53. The Morgan fingerprint density at radius 2 is 1.85 bits per heavy atom. The monoisotopic (exact) mass is 372 g/mol. The van der Waals surface area contributed by atoms with E-state index in [1.54, 1.807) is 6.92 Å². The zero-order valence-corrected chi connectivity index (χ0v) is 14.9.